The molecule has 0 aliphatic carbocycles. The van der Waals surface area contributed by atoms with Gasteiger partial charge in [-0.1, -0.05) is 19.1 Å². The Morgan fingerprint density at radius 1 is 1.00 bits per heavy atom. The molecule has 0 aromatic heterocycles. The molecule has 186 valence electrons. The molecule has 0 unspecified atom stereocenters. The second-order valence-corrected chi connectivity index (χ2v) is 8.59. The maximum atomic E-state index is 13.2. The van der Waals surface area contributed by atoms with Crippen LogP contribution in [0.3, 0.4) is 0 Å². The molecule has 0 spiro atoms. The summed E-state index contributed by atoms with van der Waals surface area (Å²) in [7, 11) is 1.56. The van der Waals surface area contributed by atoms with E-state index in [1.54, 1.807) is 36.3 Å². The molecule has 0 radical (unpaired) electrons. The van der Waals surface area contributed by atoms with E-state index < -0.39 is 17.7 Å². The lowest BCUT2D eigenvalue weighted by Gasteiger charge is -2.31. The molecule has 8 heteroatoms. The molecule has 2 aromatic rings. The fourth-order valence-corrected chi connectivity index (χ4v) is 4.40. The average Bonchev–Trinajstić information content (AvgIpc) is 3.16. The maximum absolute atomic E-state index is 13.2. The van der Waals surface area contributed by atoms with Crippen molar-refractivity contribution in [3.05, 3.63) is 65.2 Å². The zero-order chi connectivity index (χ0) is 24.8. The number of rotatable bonds is 9. The van der Waals surface area contributed by atoms with Gasteiger partial charge in [0.2, 0.25) is 0 Å². The van der Waals surface area contributed by atoms with Crippen LogP contribution in [0.5, 0.6) is 11.5 Å². The Bertz CT molecular complexity index is 1060. The highest BCUT2D eigenvalue weighted by Crippen LogP contribution is 2.40. The highest BCUT2D eigenvalue weighted by Gasteiger charge is 2.46. The topological polar surface area (TPSA) is 88.5 Å². The lowest BCUT2D eigenvalue weighted by atomic mass is 9.95. The normalized spacial score (nSPS) is 20.3. The summed E-state index contributed by atoms with van der Waals surface area (Å²) in [4.78, 5) is 30.1. The van der Waals surface area contributed by atoms with E-state index >= 15 is 0 Å². The lowest BCUT2D eigenvalue weighted by Crippen LogP contribution is -2.42. The number of nitrogens with zero attached hydrogens (tertiary/aromatic N) is 2. The van der Waals surface area contributed by atoms with Crippen LogP contribution in [0.2, 0.25) is 0 Å². The SMILES string of the molecule is CCCOc1ccc([C@H]2C(=C(O)c3ccc(OC)cc3)C(=O)C(=O)N2CCN2CCOCC2)cc1. The first-order valence-corrected chi connectivity index (χ1v) is 12.0. The van der Waals surface area contributed by atoms with Gasteiger partial charge in [0.25, 0.3) is 11.7 Å². The van der Waals surface area contributed by atoms with E-state index in [1.165, 1.54) is 0 Å². The summed E-state index contributed by atoms with van der Waals surface area (Å²) in [5, 5.41) is 11.2. The Labute approximate surface area is 205 Å². The van der Waals surface area contributed by atoms with Crippen LogP contribution in [0.1, 0.15) is 30.5 Å². The third-order valence-corrected chi connectivity index (χ3v) is 6.33. The van der Waals surface area contributed by atoms with Crippen LogP contribution >= 0.6 is 0 Å². The number of benzene rings is 2. The van der Waals surface area contributed by atoms with Crippen LogP contribution in [0.15, 0.2) is 54.1 Å². The van der Waals surface area contributed by atoms with Gasteiger partial charge in [-0.15, -0.1) is 0 Å². The van der Waals surface area contributed by atoms with Gasteiger partial charge in [-0.2, -0.15) is 0 Å². The Balaban J connectivity index is 1.69. The molecule has 2 aliphatic heterocycles. The molecular formula is C27H32N2O6. The molecular weight excluding hydrogens is 448 g/mol. The Morgan fingerprint density at radius 2 is 1.66 bits per heavy atom. The number of aliphatic hydroxyl groups excluding tert-OH is 1. The number of hydrogen-bond acceptors (Lipinski definition) is 7. The van der Waals surface area contributed by atoms with Crippen molar-refractivity contribution in [1.29, 1.82) is 0 Å². The van der Waals surface area contributed by atoms with Gasteiger partial charge in [0, 0.05) is 31.7 Å². The molecule has 2 fully saturated rings. The zero-order valence-corrected chi connectivity index (χ0v) is 20.2. The van der Waals surface area contributed by atoms with Gasteiger partial charge >= 0.3 is 0 Å². The number of carbonyl (C=O) groups is 2. The fourth-order valence-electron chi connectivity index (χ4n) is 4.40. The van der Waals surface area contributed by atoms with Crippen molar-refractivity contribution in [2.75, 3.05) is 53.1 Å². The van der Waals surface area contributed by atoms with E-state index in [-0.39, 0.29) is 11.3 Å². The second kappa shape index (κ2) is 11.4. The van der Waals surface area contributed by atoms with Crippen LogP contribution < -0.4 is 9.47 Å². The molecule has 1 N–H and O–H groups in total. The summed E-state index contributed by atoms with van der Waals surface area (Å²) in [6.45, 7) is 6.49. The quantitative estimate of drug-likeness (QED) is 0.335. The molecule has 0 bridgehead atoms. The summed E-state index contributed by atoms with van der Waals surface area (Å²) in [6, 6.07) is 13.4. The molecule has 35 heavy (non-hydrogen) atoms. The summed E-state index contributed by atoms with van der Waals surface area (Å²) >= 11 is 0. The van der Waals surface area contributed by atoms with E-state index in [0.29, 0.717) is 44.2 Å². The number of ketones is 1. The number of ether oxygens (including phenoxy) is 3. The second-order valence-electron chi connectivity index (χ2n) is 8.59. The van der Waals surface area contributed by atoms with Crippen molar-refractivity contribution in [3.63, 3.8) is 0 Å². The van der Waals surface area contributed by atoms with Crippen molar-refractivity contribution >= 4 is 17.4 Å². The monoisotopic (exact) mass is 480 g/mol. The van der Waals surface area contributed by atoms with Gasteiger partial charge in [-0.3, -0.25) is 14.5 Å². The smallest absolute Gasteiger partial charge is 0.295 e. The maximum Gasteiger partial charge on any atom is 0.295 e. The van der Waals surface area contributed by atoms with Crippen LogP contribution in [0.25, 0.3) is 5.76 Å². The van der Waals surface area contributed by atoms with Crippen LogP contribution in [-0.4, -0.2) is 79.7 Å². The van der Waals surface area contributed by atoms with Crippen LogP contribution in [-0.2, 0) is 14.3 Å². The highest BCUT2D eigenvalue weighted by molar-refractivity contribution is 6.46. The number of Topliss-reactive ketones (excluding diaryl/α,β-unsaturated/α-hetero) is 1. The molecule has 1 atom stereocenters. The first kappa shape index (κ1) is 24.8. The number of morpholine rings is 1. The van der Waals surface area contributed by atoms with E-state index in [1.807, 2.05) is 31.2 Å². The number of likely N-dealkylation sites (tertiary alicyclic amines) is 1. The minimum absolute atomic E-state index is 0.0874. The summed E-state index contributed by atoms with van der Waals surface area (Å²) < 4.78 is 16.3. The van der Waals surface area contributed by atoms with Gasteiger partial charge in [0.15, 0.2) is 0 Å². The molecule has 2 aliphatic rings. The third kappa shape index (κ3) is 5.49. The predicted molar refractivity (Wildman–Crippen MR) is 131 cm³/mol. The average molecular weight is 481 g/mol. The summed E-state index contributed by atoms with van der Waals surface area (Å²) in [5.74, 6) is -0.139. The number of aliphatic hydroxyl groups is 1. The van der Waals surface area contributed by atoms with Crippen LogP contribution in [0.4, 0.5) is 0 Å². The number of hydrogen-bond donors (Lipinski definition) is 1. The van der Waals surface area contributed by atoms with Gasteiger partial charge in [0.05, 0.1) is 38.5 Å². The van der Waals surface area contributed by atoms with Crippen molar-refractivity contribution in [2.24, 2.45) is 0 Å². The van der Waals surface area contributed by atoms with Gasteiger partial charge in [-0.05, 0) is 48.4 Å². The standard InChI is InChI=1S/C27H32N2O6/c1-3-16-35-22-10-4-19(5-11-22)24-23(25(30)20-6-8-21(33-2)9-7-20)26(31)27(32)29(24)13-12-28-14-17-34-18-15-28/h4-11,24,30H,3,12-18H2,1-2H3/t24-/m0/s1. The molecule has 8 nitrogen and oxygen atoms in total. The minimum atomic E-state index is -0.696. The first-order valence-electron chi connectivity index (χ1n) is 12.0. The van der Waals surface area contributed by atoms with Crippen LogP contribution in [0, 0.1) is 0 Å². The Kier molecular flexibility index (Phi) is 8.05. The van der Waals surface area contributed by atoms with E-state index in [0.717, 1.165) is 30.8 Å². The Morgan fingerprint density at radius 3 is 2.29 bits per heavy atom. The minimum Gasteiger partial charge on any atom is -0.507 e. The zero-order valence-electron chi connectivity index (χ0n) is 20.2. The Hall–Kier alpha value is -3.36. The van der Waals surface area contributed by atoms with Crippen molar-refractivity contribution in [2.45, 2.75) is 19.4 Å². The number of methoxy groups -OCH3 is 1. The molecule has 4 rings (SSSR count). The van der Waals surface area contributed by atoms with Gasteiger partial charge in [0.1, 0.15) is 17.3 Å². The molecule has 0 saturated carbocycles. The molecule has 2 aromatic carbocycles. The van der Waals surface area contributed by atoms with E-state index in [4.69, 9.17) is 14.2 Å². The largest absolute Gasteiger partial charge is 0.507 e. The van der Waals surface area contributed by atoms with Crippen molar-refractivity contribution in [3.8, 4) is 11.5 Å². The van der Waals surface area contributed by atoms with Crippen molar-refractivity contribution < 1.29 is 28.9 Å². The van der Waals surface area contributed by atoms with Gasteiger partial charge in [-0.25, -0.2) is 0 Å². The molecule has 2 saturated heterocycles. The third-order valence-electron chi connectivity index (χ3n) is 6.33. The van der Waals surface area contributed by atoms with Gasteiger partial charge < -0.3 is 24.2 Å². The van der Waals surface area contributed by atoms with E-state index in [2.05, 4.69) is 4.90 Å². The summed E-state index contributed by atoms with van der Waals surface area (Å²) in [6.07, 6.45) is 0.894. The molecule has 2 heterocycles. The molecule has 1 amide bonds. The van der Waals surface area contributed by atoms with Crippen molar-refractivity contribution in [1.82, 2.24) is 9.80 Å². The lowest BCUT2D eigenvalue weighted by molar-refractivity contribution is -0.140. The van der Waals surface area contributed by atoms with E-state index in [9.17, 15) is 14.7 Å². The fraction of sp³-hybridized carbons (Fsp3) is 0.407. The number of carbonyl (C=O) groups excluding carboxylic acids is 2. The predicted octanol–water partition coefficient (Wildman–Crippen LogP) is 3.24. The first-order chi connectivity index (χ1) is 17.0. The highest BCUT2D eigenvalue weighted by atomic mass is 16.5. The number of amides is 1. The summed E-state index contributed by atoms with van der Waals surface area (Å²) in [5.41, 5.74) is 1.28.